The van der Waals surface area contributed by atoms with Gasteiger partial charge in [0.15, 0.2) is 5.82 Å². The number of aromatic nitrogens is 3. The molecule has 0 fully saturated rings. The van der Waals surface area contributed by atoms with E-state index in [1.54, 1.807) is 32.0 Å². The standard InChI is InChI=1S/C37H36N4O4/c1-4-45-23-31-39-32-33(41(31)24-36(2,3)44)29-21-20-25(35(42)43)22-30(29)38-34(32)40-37(26-14-8-5-9-15-26,27-16-10-6-11-17-27)28-18-12-7-13-19-28/h5-22,44H,4,23-24H2,1-3H3,(H,38,40)(H,42,43). The molecule has 0 aliphatic carbocycles. The van der Waals surface area contributed by atoms with Crippen LogP contribution in [-0.2, 0) is 23.4 Å². The molecule has 2 heterocycles. The number of rotatable bonds is 11. The number of hydrogen-bond acceptors (Lipinski definition) is 6. The smallest absolute Gasteiger partial charge is 0.335 e. The third kappa shape index (κ3) is 5.78. The van der Waals surface area contributed by atoms with Crippen LogP contribution >= 0.6 is 0 Å². The van der Waals surface area contributed by atoms with Gasteiger partial charge in [-0.15, -0.1) is 0 Å². The molecule has 0 atom stereocenters. The van der Waals surface area contributed by atoms with E-state index in [0.29, 0.717) is 29.3 Å². The first-order valence-electron chi connectivity index (χ1n) is 15.0. The van der Waals surface area contributed by atoms with Gasteiger partial charge in [-0.2, -0.15) is 0 Å². The first-order valence-corrected chi connectivity index (χ1v) is 15.0. The largest absolute Gasteiger partial charge is 0.478 e. The highest BCUT2D eigenvalue weighted by atomic mass is 16.5. The highest BCUT2D eigenvalue weighted by Crippen LogP contribution is 2.42. The number of pyridine rings is 1. The van der Waals surface area contributed by atoms with Crippen LogP contribution in [0.5, 0.6) is 0 Å². The van der Waals surface area contributed by atoms with Crippen LogP contribution in [0.4, 0.5) is 5.82 Å². The van der Waals surface area contributed by atoms with Crippen molar-refractivity contribution < 1.29 is 19.7 Å². The fourth-order valence-corrected chi connectivity index (χ4v) is 5.97. The van der Waals surface area contributed by atoms with Crippen molar-refractivity contribution in [3.05, 3.63) is 137 Å². The first kappa shape index (κ1) is 30.0. The lowest BCUT2D eigenvalue weighted by Gasteiger charge is -2.37. The number of carboxylic acids is 1. The van der Waals surface area contributed by atoms with Gasteiger partial charge in [-0.25, -0.2) is 14.8 Å². The topological polar surface area (TPSA) is 110 Å². The van der Waals surface area contributed by atoms with Gasteiger partial charge in [0.25, 0.3) is 0 Å². The maximum Gasteiger partial charge on any atom is 0.335 e. The fourth-order valence-electron chi connectivity index (χ4n) is 5.97. The minimum Gasteiger partial charge on any atom is -0.478 e. The molecule has 8 nitrogen and oxygen atoms in total. The summed E-state index contributed by atoms with van der Waals surface area (Å²) in [5.41, 5.74) is 2.95. The molecule has 6 aromatic rings. The number of aliphatic hydroxyl groups is 1. The maximum atomic E-state index is 12.0. The van der Waals surface area contributed by atoms with E-state index >= 15 is 0 Å². The zero-order chi connectivity index (χ0) is 31.6. The lowest BCUT2D eigenvalue weighted by atomic mass is 9.77. The van der Waals surface area contributed by atoms with Gasteiger partial charge in [0.2, 0.25) is 0 Å². The van der Waals surface area contributed by atoms with Crippen LogP contribution in [0.25, 0.3) is 21.9 Å². The first-order chi connectivity index (χ1) is 21.7. The fraction of sp³-hybridized carbons (Fsp3) is 0.216. The van der Waals surface area contributed by atoms with Crippen LogP contribution in [0.1, 0.15) is 53.6 Å². The predicted octanol–water partition coefficient (Wildman–Crippen LogP) is 6.99. The maximum absolute atomic E-state index is 12.0. The summed E-state index contributed by atoms with van der Waals surface area (Å²) in [6, 6.07) is 35.5. The van der Waals surface area contributed by atoms with E-state index in [-0.39, 0.29) is 18.7 Å². The number of carbonyl (C=O) groups is 1. The molecule has 0 bridgehead atoms. The molecule has 0 spiro atoms. The third-order valence-corrected chi connectivity index (χ3v) is 7.91. The molecular formula is C37H36N4O4. The number of fused-ring (bicyclic) bond motifs is 3. The van der Waals surface area contributed by atoms with Gasteiger partial charge >= 0.3 is 5.97 Å². The van der Waals surface area contributed by atoms with E-state index in [1.807, 2.05) is 66.1 Å². The summed E-state index contributed by atoms with van der Waals surface area (Å²) < 4.78 is 7.80. The average Bonchev–Trinajstić information content (AvgIpc) is 3.40. The summed E-state index contributed by atoms with van der Waals surface area (Å²) in [5, 5.41) is 25.4. The SMILES string of the molecule is CCOCc1nc2c(NC(c3ccccc3)(c3ccccc3)c3ccccc3)nc3cc(C(=O)O)ccc3c2n1CC(C)(C)O. The Morgan fingerprint density at radius 1 is 0.844 bits per heavy atom. The summed E-state index contributed by atoms with van der Waals surface area (Å²) in [7, 11) is 0. The molecule has 0 aliphatic heterocycles. The van der Waals surface area contributed by atoms with E-state index in [2.05, 4.69) is 41.7 Å². The number of ether oxygens (including phenoxy) is 1. The van der Waals surface area contributed by atoms with Gasteiger partial charge < -0.3 is 24.8 Å². The van der Waals surface area contributed by atoms with Crippen molar-refractivity contribution in [2.24, 2.45) is 0 Å². The number of benzene rings is 4. The summed E-state index contributed by atoms with van der Waals surface area (Å²) in [6.07, 6.45) is 0. The van der Waals surface area contributed by atoms with Crippen LogP contribution in [0.2, 0.25) is 0 Å². The molecule has 3 N–H and O–H groups in total. The molecular weight excluding hydrogens is 564 g/mol. The van der Waals surface area contributed by atoms with Gasteiger partial charge in [0, 0.05) is 12.0 Å². The number of aromatic carboxylic acids is 1. The van der Waals surface area contributed by atoms with Crippen LogP contribution in [-0.4, -0.2) is 42.9 Å². The van der Waals surface area contributed by atoms with Crippen molar-refractivity contribution in [2.75, 3.05) is 11.9 Å². The molecule has 2 aromatic heterocycles. The molecule has 0 radical (unpaired) electrons. The van der Waals surface area contributed by atoms with Crippen LogP contribution in [0.15, 0.2) is 109 Å². The number of anilines is 1. The summed E-state index contributed by atoms with van der Waals surface area (Å²) in [5.74, 6) is 0.0738. The van der Waals surface area contributed by atoms with Crippen molar-refractivity contribution in [3.8, 4) is 0 Å². The van der Waals surface area contributed by atoms with E-state index in [9.17, 15) is 15.0 Å². The second-order valence-electron chi connectivity index (χ2n) is 11.7. The van der Waals surface area contributed by atoms with Crippen molar-refractivity contribution in [1.82, 2.24) is 14.5 Å². The van der Waals surface area contributed by atoms with Crippen LogP contribution in [0.3, 0.4) is 0 Å². The summed E-state index contributed by atoms with van der Waals surface area (Å²) >= 11 is 0. The average molecular weight is 601 g/mol. The molecule has 8 heteroatoms. The Morgan fingerprint density at radius 3 is 1.89 bits per heavy atom. The number of hydrogen-bond donors (Lipinski definition) is 3. The van der Waals surface area contributed by atoms with Gasteiger partial charge in [0.1, 0.15) is 23.5 Å². The Hall–Kier alpha value is -5.05. The number of nitrogens with zero attached hydrogens (tertiary/aromatic N) is 3. The lowest BCUT2D eigenvalue weighted by Crippen LogP contribution is -2.38. The summed E-state index contributed by atoms with van der Waals surface area (Å²) in [4.78, 5) is 22.2. The van der Waals surface area contributed by atoms with Gasteiger partial charge in [-0.1, -0.05) is 91.0 Å². The van der Waals surface area contributed by atoms with E-state index in [4.69, 9.17) is 14.7 Å². The monoisotopic (exact) mass is 600 g/mol. The molecule has 6 rings (SSSR count). The number of nitrogens with one attached hydrogen (secondary N) is 1. The molecule has 0 saturated carbocycles. The highest BCUT2D eigenvalue weighted by molar-refractivity contribution is 6.08. The van der Waals surface area contributed by atoms with Crippen molar-refractivity contribution in [3.63, 3.8) is 0 Å². The Morgan fingerprint density at radius 2 is 1.40 bits per heavy atom. The molecule has 228 valence electrons. The van der Waals surface area contributed by atoms with Crippen molar-refractivity contribution >= 4 is 33.7 Å². The molecule has 0 unspecified atom stereocenters. The Bertz CT molecular complexity index is 1850. The molecule has 0 aliphatic rings. The van der Waals surface area contributed by atoms with E-state index in [1.165, 1.54) is 0 Å². The minimum absolute atomic E-state index is 0.129. The minimum atomic E-state index is -1.07. The second kappa shape index (κ2) is 12.1. The normalized spacial score (nSPS) is 12.1. The predicted molar refractivity (Wildman–Crippen MR) is 176 cm³/mol. The Balaban J connectivity index is 1.72. The van der Waals surface area contributed by atoms with E-state index in [0.717, 1.165) is 27.6 Å². The van der Waals surface area contributed by atoms with Gasteiger partial charge in [0.05, 0.1) is 28.7 Å². The lowest BCUT2D eigenvalue weighted by molar-refractivity contribution is 0.0582. The van der Waals surface area contributed by atoms with Gasteiger partial charge in [-0.3, -0.25) is 0 Å². The zero-order valence-electron chi connectivity index (χ0n) is 25.6. The molecule has 0 amide bonds. The molecule has 0 saturated heterocycles. The zero-order valence-corrected chi connectivity index (χ0v) is 25.6. The van der Waals surface area contributed by atoms with E-state index < -0.39 is 17.1 Å². The Labute approximate surface area is 262 Å². The van der Waals surface area contributed by atoms with Crippen LogP contribution < -0.4 is 5.32 Å². The molecule has 4 aromatic carbocycles. The summed E-state index contributed by atoms with van der Waals surface area (Å²) in [6.45, 7) is 6.40. The van der Waals surface area contributed by atoms with Gasteiger partial charge in [-0.05, 0) is 55.7 Å². The second-order valence-corrected chi connectivity index (χ2v) is 11.7. The highest BCUT2D eigenvalue weighted by Gasteiger charge is 2.38. The van der Waals surface area contributed by atoms with Crippen molar-refractivity contribution in [1.29, 1.82) is 0 Å². The number of carboxylic acid groups (broad SMARTS) is 1. The molecule has 45 heavy (non-hydrogen) atoms. The number of imidazole rings is 1. The third-order valence-electron chi connectivity index (χ3n) is 7.91. The van der Waals surface area contributed by atoms with Crippen LogP contribution in [0, 0.1) is 0 Å². The van der Waals surface area contributed by atoms with Crippen molar-refractivity contribution in [2.45, 2.75) is 45.1 Å². The Kier molecular flexibility index (Phi) is 8.10. The quantitative estimate of drug-likeness (QED) is 0.138.